The first-order chi connectivity index (χ1) is 16.9. The third-order valence-electron chi connectivity index (χ3n) is 6.47. The summed E-state index contributed by atoms with van der Waals surface area (Å²) in [7, 11) is 1.21. The van der Waals surface area contributed by atoms with Crippen molar-refractivity contribution in [2.24, 2.45) is 5.92 Å². The van der Waals surface area contributed by atoms with E-state index < -0.39 is 36.0 Å². The Kier molecular flexibility index (Phi) is 7.33. The zero-order chi connectivity index (χ0) is 24.9. The van der Waals surface area contributed by atoms with Crippen LogP contribution in [0.25, 0.3) is 11.1 Å². The number of ether oxygens (including phenoxy) is 2. The molecule has 0 bridgehead atoms. The van der Waals surface area contributed by atoms with Crippen molar-refractivity contribution in [3.05, 3.63) is 59.7 Å². The summed E-state index contributed by atoms with van der Waals surface area (Å²) in [6, 6.07) is 13.8. The van der Waals surface area contributed by atoms with Gasteiger partial charge in [-0.05, 0) is 47.4 Å². The molecule has 2 amide bonds. The predicted octanol–water partition coefficient (Wildman–Crippen LogP) is 2.83. The highest BCUT2D eigenvalue weighted by molar-refractivity contribution is 5.90. The number of benzene rings is 2. The lowest BCUT2D eigenvalue weighted by Crippen LogP contribution is -2.52. The van der Waals surface area contributed by atoms with Crippen molar-refractivity contribution in [2.75, 3.05) is 13.7 Å². The maximum absolute atomic E-state index is 12.8. The van der Waals surface area contributed by atoms with Crippen LogP contribution in [0.2, 0.25) is 0 Å². The molecule has 2 aromatic carbocycles. The number of amides is 2. The minimum absolute atomic E-state index is 0.0921. The van der Waals surface area contributed by atoms with Gasteiger partial charge in [-0.25, -0.2) is 9.59 Å². The monoisotopic (exact) mass is 480 g/mol. The van der Waals surface area contributed by atoms with Crippen molar-refractivity contribution >= 4 is 23.9 Å². The van der Waals surface area contributed by atoms with Crippen LogP contribution in [0.4, 0.5) is 4.79 Å². The van der Waals surface area contributed by atoms with E-state index in [0.717, 1.165) is 35.1 Å². The van der Waals surface area contributed by atoms with Crippen LogP contribution < -0.4 is 10.6 Å². The molecule has 0 heterocycles. The Balaban J connectivity index is 1.37. The summed E-state index contributed by atoms with van der Waals surface area (Å²) >= 11 is 0. The molecule has 184 valence electrons. The molecule has 35 heavy (non-hydrogen) atoms. The maximum atomic E-state index is 12.8. The lowest BCUT2D eigenvalue weighted by atomic mass is 9.98. The van der Waals surface area contributed by atoms with Gasteiger partial charge in [-0.2, -0.15) is 0 Å². The number of carbonyl (C=O) groups excluding carboxylic acids is 3. The van der Waals surface area contributed by atoms with E-state index in [1.165, 1.54) is 7.11 Å². The Labute approximate surface area is 202 Å². The molecular weight excluding hydrogens is 452 g/mol. The second kappa shape index (κ2) is 10.6. The molecule has 2 aliphatic rings. The number of fused-ring (bicyclic) bond motifs is 3. The van der Waals surface area contributed by atoms with E-state index in [-0.39, 0.29) is 31.3 Å². The van der Waals surface area contributed by atoms with Gasteiger partial charge >= 0.3 is 18.0 Å². The molecule has 9 nitrogen and oxygen atoms in total. The SMILES string of the molecule is COC(=O)CC[C@H](NC(=O)C(NC(=O)OCC1c2ccccc2-c2ccccc21)C1CC1)C(=O)O. The van der Waals surface area contributed by atoms with Crippen LogP contribution in [0.15, 0.2) is 48.5 Å². The van der Waals surface area contributed by atoms with Gasteiger partial charge in [0.1, 0.15) is 18.7 Å². The van der Waals surface area contributed by atoms with Crippen LogP contribution >= 0.6 is 0 Å². The minimum atomic E-state index is -1.27. The molecule has 0 aromatic heterocycles. The first-order valence-electron chi connectivity index (χ1n) is 11.6. The molecule has 1 saturated carbocycles. The standard InChI is InChI=1S/C26H28N2O7/c1-34-22(29)13-12-21(25(31)32)27-24(30)23(15-10-11-15)28-26(33)35-14-20-18-8-4-2-6-16(18)17-7-3-5-9-19(17)20/h2-9,15,20-21,23H,10-14H2,1H3,(H,27,30)(H,28,33)(H,31,32)/t21-,23?/m0/s1. The van der Waals surface area contributed by atoms with Gasteiger partial charge in [-0.3, -0.25) is 9.59 Å². The predicted molar refractivity (Wildman–Crippen MR) is 126 cm³/mol. The summed E-state index contributed by atoms with van der Waals surface area (Å²) in [5.41, 5.74) is 4.37. The fourth-order valence-corrected chi connectivity index (χ4v) is 4.48. The summed E-state index contributed by atoms with van der Waals surface area (Å²) in [5.74, 6) is -2.65. The molecular formula is C26H28N2O7. The van der Waals surface area contributed by atoms with Gasteiger partial charge in [-0.1, -0.05) is 48.5 Å². The number of hydrogen-bond donors (Lipinski definition) is 3. The summed E-state index contributed by atoms with van der Waals surface area (Å²) in [5, 5.41) is 14.5. The lowest BCUT2D eigenvalue weighted by molar-refractivity contribution is -0.144. The highest BCUT2D eigenvalue weighted by atomic mass is 16.5. The van der Waals surface area contributed by atoms with E-state index in [1.807, 2.05) is 48.5 Å². The zero-order valence-corrected chi connectivity index (χ0v) is 19.4. The van der Waals surface area contributed by atoms with Crippen molar-refractivity contribution in [1.82, 2.24) is 10.6 Å². The highest BCUT2D eigenvalue weighted by Gasteiger charge is 2.39. The van der Waals surface area contributed by atoms with Crippen molar-refractivity contribution in [3.8, 4) is 11.1 Å². The summed E-state index contributed by atoms with van der Waals surface area (Å²) in [6.07, 6.45) is 0.474. The Morgan fingerprint density at radius 3 is 2.11 bits per heavy atom. The first kappa shape index (κ1) is 24.3. The van der Waals surface area contributed by atoms with Gasteiger partial charge in [0, 0.05) is 12.3 Å². The molecule has 2 aliphatic carbocycles. The topological polar surface area (TPSA) is 131 Å². The molecule has 0 saturated heterocycles. The number of hydrogen-bond acceptors (Lipinski definition) is 6. The minimum Gasteiger partial charge on any atom is -0.480 e. The number of methoxy groups -OCH3 is 1. The number of nitrogens with one attached hydrogen (secondary N) is 2. The van der Waals surface area contributed by atoms with Crippen LogP contribution in [0.3, 0.4) is 0 Å². The fourth-order valence-electron chi connectivity index (χ4n) is 4.48. The average molecular weight is 481 g/mol. The molecule has 1 fully saturated rings. The van der Waals surface area contributed by atoms with Gasteiger partial charge in [0.2, 0.25) is 5.91 Å². The molecule has 1 unspecified atom stereocenters. The Bertz CT molecular complexity index is 1080. The molecule has 4 rings (SSSR count). The van der Waals surface area contributed by atoms with Gasteiger partial charge in [0.25, 0.3) is 0 Å². The van der Waals surface area contributed by atoms with Crippen LogP contribution in [0.1, 0.15) is 42.7 Å². The van der Waals surface area contributed by atoms with Crippen LogP contribution in [-0.2, 0) is 23.9 Å². The molecule has 2 aromatic rings. The lowest BCUT2D eigenvalue weighted by Gasteiger charge is -2.21. The first-order valence-corrected chi connectivity index (χ1v) is 11.6. The maximum Gasteiger partial charge on any atom is 0.407 e. The van der Waals surface area contributed by atoms with Crippen LogP contribution in [0.5, 0.6) is 0 Å². The smallest absolute Gasteiger partial charge is 0.407 e. The van der Waals surface area contributed by atoms with Crippen LogP contribution in [-0.4, -0.2) is 54.8 Å². The Hall–Kier alpha value is -3.88. The van der Waals surface area contributed by atoms with E-state index in [9.17, 15) is 24.3 Å². The number of carboxylic acids is 1. The van der Waals surface area contributed by atoms with E-state index in [4.69, 9.17) is 4.74 Å². The molecule has 9 heteroatoms. The third-order valence-corrected chi connectivity index (χ3v) is 6.47. The summed E-state index contributed by atoms with van der Waals surface area (Å²) < 4.78 is 10.1. The number of alkyl carbamates (subject to hydrolysis) is 1. The second-order valence-corrected chi connectivity index (χ2v) is 8.80. The number of esters is 1. The number of aliphatic carboxylic acids is 1. The van der Waals surface area contributed by atoms with Gasteiger partial charge in [0.05, 0.1) is 7.11 Å². The molecule has 0 aliphatic heterocycles. The zero-order valence-electron chi connectivity index (χ0n) is 19.4. The molecule has 0 radical (unpaired) electrons. The van der Waals surface area contributed by atoms with E-state index >= 15 is 0 Å². The largest absolute Gasteiger partial charge is 0.480 e. The van der Waals surface area contributed by atoms with E-state index in [0.29, 0.717) is 0 Å². The Morgan fingerprint density at radius 1 is 0.971 bits per heavy atom. The van der Waals surface area contributed by atoms with E-state index in [1.54, 1.807) is 0 Å². The fraction of sp³-hybridized carbons (Fsp3) is 0.385. The highest BCUT2D eigenvalue weighted by Crippen LogP contribution is 2.44. The second-order valence-electron chi connectivity index (χ2n) is 8.80. The van der Waals surface area contributed by atoms with Gasteiger partial charge < -0.3 is 25.2 Å². The van der Waals surface area contributed by atoms with Crippen molar-refractivity contribution in [1.29, 1.82) is 0 Å². The Morgan fingerprint density at radius 2 is 1.57 bits per heavy atom. The number of carbonyl (C=O) groups is 4. The van der Waals surface area contributed by atoms with E-state index in [2.05, 4.69) is 15.4 Å². The third kappa shape index (κ3) is 5.62. The van der Waals surface area contributed by atoms with Gasteiger partial charge in [0.15, 0.2) is 0 Å². The van der Waals surface area contributed by atoms with Gasteiger partial charge in [-0.15, -0.1) is 0 Å². The number of rotatable bonds is 10. The number of carboxylic acid groups (broad SMARTS) is 1. The molecule has 3 N–H and O–H groups in total. The summed E-state index contributed by atoms with van der Waals surface area (Å²) in [4.78, 5) is 48.4. The molecule has 0 spiro atoms. The van der Waals surface area contributed by atoms with Crippen molar-refractivity contribution in [3.63, 3.8) is 0 Å². The van der Waals surface area contributed by atoms with Crippen molar-refractivity contribution < 1.29 is 33.8 Å². The van der Waals surface area contributed by atoms with Crippen LogP contribution in [0, 0.1) is 5.92 Å². The summed E-state index contributed by atoms with van der Waals surface area (Å²) in [6.45, 7) is 0.107. The normalized spacial score (nSPS) is 15.8. The quantitative estimate of drug-likeness (QED) is 0.446. The van der Waals surface area contributed by atoms with Crippen molar-refractivity contribution in [2.45, 2.75) is 43.7 Å². The molecule has 2 atom stereocenters. The average Bonchev–Trinajstić information content (AvgIpc) is 3.65.